The van der Waals surface area contributed by atoms with E-state index < -0.39 is 0 Å². The molecule has 1 aromatic carbocycles. The zero-order valence-corrected chi connectivity index (χ0v) is 15.9. The number of carbonyl (C=O) groups is 1. The van der Waals surface area contributed by atoms with Crippen LogP contribution in [-0.2, 0) is 6.54 Å². The zero-order chi connectivity index (χ0) is 18.8. The van der Waals surface area contributed by atoms with E-state index in [2.05, 4.69) is 22.5 Å². The van der Waals surface area contributed by atoms with Crippen LogP contribution in [0.1, 0.15) is 65.5 Å². The number of carbonyl (C=O) groups excluding carboxylic acids is 1. The summed E-state index contributed by atoms with van der Waals surface area (Å²) >= 11 is 0. The highest BCUT2D eigenvalue weighted by Gasteiger charge is 2.29. The first-order valence-electron chi connectivity index (χ1n) is 9.97. The molecule has 0 N–H and O–H groups in total. The lowest BCUT2D eigenvalue weighted by Crippen LogP contribution is -2.38. The van der Waals surface area contributed by atoms with Gasteiger partial charge in [-0.3, -0.25) is 4.79 Å². The van der Waals surface area contributed by atoms with Crippen molar-refractivity contribution < 1.29 is 4.79 Å². The van der Waals surface area contributed by atoms with E-state index in [0.29, 0.717) is 23.0 Å². The predicted molar refractivity (Wildman–Crippen MR) is 103 cm³/mol. The van der Waals surface area contributed by atoms with E-state index in [9.17, 15) is 4.79 Å². The van der Waals surface area contributed by atoms with E-state index in [1.165, 1.54) is 24.4 Å². The Bertz CT molecular complexity index is 867. The van der Waals surface area contributed by atoms with Crippen LogP contribution >= 0.6 is 0 Å². The molecule has 1 aromatic heterocycles. The molecule has 1 aliphatic carbocycles. The minimum Gasteiger partial charge on any atom is -0.339 e. The highest BCUT2D eigenvalue weighted by molar-refractivity contribution is 5.94. The van der Waals surface area contributed by atoms with E-state index in [4.69, 9.17) is 5.26 Å². The molecule has 5 heteroatoms. The van der Waals surface area contributed by atoms with Crippen molar-refractivity contribution in [3.8, 4) is 6.07 Å². The molecular formula is C22H26N4O. The highest BCUT2D eigenvalue weighted by atomic mass is 16.2. The lowest BCUT2D eigenvalue weighted by molar-refractivity contribution is 0.0684. The Morgan fingerprint density at radius 3 is 2.74 bits per heavy atom. The number of aromatic nitrogens is 2. The van der Waals surface area contributed by atoms with Crippen molar-refractivity contribution in [3.05, 3.63) is 53.1 Å². The number of imidazole rings is 1. The number of benzene rings is 1. The molecular weight excluding hydrogens is 336 g/mol. The maximum atomic E-state index is 12.7. The average molecular weight is 362 g/mol. The molecule has 140 valence electrons. The fourth-order valence-corrected chi connectivity index (χ4v) is 4.08. The third kappa shape index (κ3) is 3.90. The topological polar surface area (TPSA) is 61.9 Å². The van der Waals surface area contributed by atoms with Crippen molar-refractivity contribution in [2.75, 3.05) is 13.1 Å². The molecule has 0 unspecified atom stereocenters. The summed E-state index contributed by atoms with van der Waals surface area (Å²) in [6.45, 7) is 4.80. The standard InChI is InChI=1S/C22H26N4O/c1-16-15-24-21(19-5-6-19)26(16)12-9-17-7-10-25(11-8-17)22(27)20-4-2-3-18(13-20)14-23/h2-4,13,15,17,19H,5-12H2,1H3. The van der Waals surface area contributed by atoms with E-state index in [0.717, 1.165) is 38.9 Å². The minimum atomic E-state index is 0.0482. The molecule has 1 amide bonds. The summed E-state index contributed by atoms with van der Waals surface area (Å²) in [7, 11) is 0. The van der Waals surface area contributed by atoms with Gasteiger partial charge in [-0.25, -0.2) is 4.98 Å². The van der Waals surface area contributed by atoms with Gasteiger partial charge in [0.15, 0.2) is 0 Å². The molecule has 1 aliphatic heterocycles. The number of amides is 1. The van der Waals surface area contributed by atoms with Gasteiger partial charge in [-0.05, 0) is 63.1 Å². The van der Waals surface area contributed by atoms with Crippen LogP contribution in [0.25, 0.3) is 0 Å². The van der Waals surface area contributed by atoms with Crippen molar-refractivity contribution in [3.63, 3.8) is 0 Å². The van der Waals surface area contributed by atoms with Gasteiger partial charge in [0.05, 0.1) is 11.6 Å². The van der Waals surface area contributed by atoms with Crippen molar-refractivity contribution in [2.24, 2.45) is 5.92 Å². The quantitative estimate of drug-likeness (QED) is 0.811. The second-order valence-corrected chi connectivity index (χ2v) is 7.90. The van der Waals surface area contributed by atoms with E-state index >= 15 is 0 Å². The number of nitrogens with zero attached hydrogens (tertiary/aromatic N) is 4. The molecule has 27 heavy (non-hydrogen) atoms. The number of hydrogen-bond donors (Lipinski definition) is 0. The van der Waals surface area contributed by atoms with Gasteiger partial charge in [0.25, 0.3) is 5.91 Å². The summed E-state index contributed by atoms with van der Waals surface area (Å²) in [4.78, 5) is 19.2. The number of hydrogen-bond acceptors (Lipinski definition) is 3. The zero-order valence-electron chi connectivity index (χ0n) is 15.9. The molecule has 0 bridgehead atoms. The Morgan fingerprint density at radius 1 is 1.26 bits per heavy atom. The van der Waals surface area contributed by atoms with Gasteiger partial charge < -0.3 is 9.47 Å². The fourth-order valence-electron chi connectivity index (χ4n) is 4.08. The molecule has 2 fully saturated rings. The second kappa shape index (κ2) is 7.56. The first-order chi connectivity index (χ1) is 13.2. The van der Waals surface area contributed by atoms with Crippen LogP contribution in [0.4, 0.5) is 0 Å². The third-order valence-corrected chi connectivity index (χ3v) is 5.93. The van der Waals surface area contributed by atoms with Crippen LogP contribution in [0.2, 0.25) is 0 Å². The summed E-state index contributed by atoms with van der Waals surface area (Å²) < 4.78 is 2.41. The average Bonchev–Trinajstić information content (AvgIpc) is 3.49. The molecule has 1 saturated carbocycles. The monoisotopic (exact) mass is 362 g/mol. The molecule has 1 saturated heterocycles. The van der Waals surface area contributed by atoms with Crippen LogP contribution in [0.15, 0.2) is 30.5 Å². The van der Waals surface area contributed by atoms with Crippen molar-refractivity contribution in [2.45, 2.75) is 51.5 Å². The summed E-state index contributed by atoms with van der Waals surface area (Å²) in [5.41, 5.74) is 2.43. The fraction of sp³-hybridized carbons (Fsp3) is 0.500. The van der Waals surface area contributed by atoms with Gasteiger partial charge in [-0.1, -0.05) is 6.07 Å². The van der Waals surface area contributed by atoms with Crippen molar-refractivity contribution in [1.29, 1.82) is 5.26 Å². The Morgan fingerprint density at radius 2 is 2.04 bits per heavy atom. The number of aryl methyl sites for hydroxylation is 1. The molecule has 5 nitrogen and oxygen atoms in total. The third-order valence-electron chi connectivity index (χ3n) is 5.93. The molecule has 0 spiro atoms. The number of likely N-dealkylation sites (tertiary alicyclic amines) is 1. The Labute approximate surface area is 160 Å². The van der Waals surface area contributed by atoms with Crippen LogP contribution in [0, 0.1) is 24.2 Å². The van der Waals surface area contributed by atoms with Crippen LogP contribution in [0.3, 0.4) is 0 Å². The van der Waals surface area contributed by atoms with Gasteiger partial charge in [0.2, 0.25) is 0 Å². The maximum Gasteiger partial charge on any atom is 0.253 e. The van der Waals surface area contributed by atoms with Gasteiger partial charge in [0, 0.05) is 43.0 Å². The lowest BCUT2D eigenvalue weighted by Gasteiger charge is -2.32. The Kier molecular flexibility index (Phi) is 4.98. The van der Waals surface area contributed by atoms with Crippen LogP contribution < -0.4 is 0 Å². The first-order valence-corrected chi connectivity index (χ1v) is 9.97. The van der Waals surface area contributed by atoms with E-state index in [1.54, 1.807) is 24.3 Å². The maximum absolute atomic E-state index is 12.7. The minimum absolute atomic E-state index is 0.0482. The number of rotatable bonds is 5. The summed E-state index contributed by atoms with van der Waals surface area (Å²) in [6, 6.07) is 9.11. The SMILES string of the molecule is Cc1cnc(C2CC2)n1CCC1CCN(C(=O)c2cccc(C#N)c2)CC1. The van der Waals surface area contributed by atoms with Crippen LogP contribution in [-0.4, -0.2) is 33.4 Å². The normalized spacial score (nSPS) is 17.7. The molecule has 2 aromatic rings. The largest absolute Gasteiger partial charge is 0.339 e. The van der Waals surface area contributed by atoms with Gasteiger partial charge in [-0.2, -0.15) is 5.26 Å². The summed E-state index contributed by atoms with van der Waals surface area (Å²) in [5.74, 6) is 2.67. The van der Waals surface area contributed by atoms with E-state index in [1.807, 2.05) is 11.1 Å². The van der Waals surface area contributed by atoms with E-state index in [-0.39, 0.29) is 5.91 Å². The van der Waals surface area contributed by atoms with Crippen molar-refractivity contribution in [1.82, 2.24) is 14.5 Å². The predicted octanol–water partition coefficient (Wildman–Crippen LogP) is 3.88. The second-order valence-electron chi connectivity index (χ2n) is 7.90. The first kappa shape index (κ1) is 17.8. The summed E-state index contributed by atoms with van der Waals surface area (Å²) in [5, 5.41) is 9.02. The van der Waals surface area contributed by atoms with Crippen molar-refractivity contribution >= 4 is 5.91 Å². The van der Waals surface area contributed by atoms with Gasteiger partial charge >= 0.3 is 0 Å². The molecule has 2 heterocycles. The molecule has 4 rings (SSSR count). The van der Waals surface area contributed by atoms with Gasteiger partial charge in [0.1, 0.15) is 5.82 Å². The molecule has 0 atom stereocenters. The lowest BCUT2D eigenvalue weighted by atomic mass is 9.93. The molecule has 0 radical (unpaired) electrons. The number of piperidine rings is 1. The highest BCUT2D eigenvalue weighted by Crippen LogP contribution is 2.39. The number of nitriles is 1. The Hall–Kier alpha value is -2.61. The smallest absolute Gasteiger partial charge is 0.253 e. The van der Waals surface area contributed by atoms with Gasteiger partial charge in [-0.15, -0.1) is 0 Å². The molecule has 2 aliphatic rings. The summed E-state index contributed by atoms with van der Waals surface area (Å²) in [6.07, 6.45) is 7.83. The van der Waals surface area contributed by atoms with Crippen LogP contribution in [0.5, 0.6) is 0 Å². The Balaban J connectivity index is 1.31.